The number of aliphatic hydroxyl groups is 1. The van der Waals surface area contributed by atoms with Crippen LogP contribution in [0, 0.1) is 11.3 Å². The molecule has 0 radical (unpaired) electrons. The fraction of sp³-hybridized carbons (Fsp3) is 0.0588. The lowest BCUT2D eigenvalue weighted by atomic mass is 10.2. The van der Waals surface area contributed by atoms with Gasteiger partial charge in [0.05, 0.1) is 21.6 Å². The number of imidazole rings is 1. The number of hydrogen-bond donors (Lipinski definition) is 2. The van der Waals surface area contributed by atoms with Gasteiger partial charge in [0.2, 0.25) is 0 Å². The minimum absolute atomic E-state index is 0.0580. The van der Waals surface area contributed by atoms with Crippen molar-refractivity contribution in [2.75, 3.05) is 6.61 Å². The molecule has 130 valence electrons. The summed E-state index contributed by atoms with van der Waals surface area (Å²) in [5, 5.41) is 19.6. The first kappa shape index (κ1) is 17.7. The van der Waals surface area contributed by atoms with Gasteiger partial charge in [-0.2, -0.15) is 5.26 Å². The highest BCUT2D eigenvalue weighted by Crippen LogP contribution is 2.21. The number of nitrogens with one attached hydrogen (secondary N) is 1. The quantitative estimate of drug-likeness (QED) is 0.303. The molecule has 0 bridgehead atoms. The molecular weight excluding hydrogens is 379 g/mol. The van der Waals surface area contributed by atoms with Crippen LogP contribution < -0.4 is 0 Å². The van der Waals surface area contributed by atoms with Crippen molar-refractivity contribution in [2.24, 2.45) is 0 Å². The third-order valence-corrected chi connectivity index (χ3v) is 4.08. The summed E-state index contributed by atoms with van der Waals surface area (Å²) in [5.41, 5.74) is 1.29. The number of ether oxygens (including phenoxy) is 1. The minimum atomic E-state index is -0.774. The van der Waals surface area contributed by atoms with Crippen LogP contribution in [-0.4, -0.2) is 32.6 Å². The highest BCUT2D eigenvalue weighted by molar-refractivity contribution is 6.41. The Morgan fingerprint density at radius 1 is 1.35 bits per heavy atom. The number of aliphatic hydroxyl groups excluding tert-OH is 1. The number of esters is 1. The lowest BCUT2D eigenvalue weighted by Gasteiger charge is -2.06. The van der Waals surface area contributed by atoms with E-state index in [-0.39, 0.29) is 27.1 Å². The summed E-state index contributed by atoms with van der Waals surface area (Å²) in [6.45, 7) is -0.515. The van der Waals surface area contributed by atoms with E-state index in [2.05, 4.69) is 15.0 Å². The van der Waals surface area contributed by atoms with Crippen molar-refractivity contribution in [1.29, 1.82) is 5.26 Å². The predicted molar refractivity (Wildman–Crippen MR) is 95.8 cm³/mol. The number of H-pyrrole nitrogens is 1. The van der Waals surface area contributed by atoms with Crippen LogP contribution in [0.1, 0.15) is 16.2 Å². The lowest BCUT2D eigenvalue weighted by molar-refractivity contribution is 0.0502. The van der Waals surface area contributed by atoms with Crippen LogP contribution in [0.25, 0.3) is 16.6 Å². The number of rotatable bonds is 4. The zero-order valence-electron chi connectivity index (χ0n) is 13.0. The SMILES string of the molecule is N#C/C(=C(/O)COC(=O)c1cnc(Cl)c(Cl)c1)c1nc2ccccc2[nH]1. The lowest BCUT2D eigenvalue weighted by Crippen LogP contribution is -2.09. The number of carbonyl (C=O) groups is 1. The molecule has 0 aliphatic rings. The molecule has 2 aromatic heterocycles. The molecule has 0 saturated heterocycles. The van der Waals surface area contributed by atoms with E-state index >= 15 is 0 Å². The fourth-order valence-electron chi connectivity index (χ4n) is 2.15. The molecule has 2 N–H and O–H groups in total. The van der Waals surface area contributed by atoms with Crippen molar-refractivity contribution >= 4 is 45.8 Å². The maximum atomic E-state index is 12.0. The molecule has 0 saturated carbocycles. The molecule has 0 unspecified atom stereocenters. The largest absolute Gasteiger partial charge is 0.507 e. The number of aromatic amines is 1. The van der Waals surface area contributed by atoms with Gasteiger partial charge in [0, 0.05) is 6.20 Å². The molecule has 0 amide bonds. The van der Waals surface area contributed by atoms with Crippen LogP contribution in [-0.2, 0) is 4.74 Å². The number of hydrogen-bond acceptors (Lipinski definition) is 6. The maximum absolute atomic E-state index is 12.0. The summed E-state index contributed by atoms with van der Waals surface area (Å²) < 4.78 is 4.98. The van der Waals surface area contributed by atoms with Gasteiger partial charge in [-0.15, -0.1) is 0 Å². The Labute approximate surface area is 157 Å². The van der Waals surface area contributed by atoms with Gasteiger partial charge in [0.15, 0.2) is 11.6 Å². The van der Waals surface area contributed by atoms with Crippen LogP contribution in [0.4, 0.5) is 0 Å². The standard InChI is InChI=1S/C17H10Cl2N4O3/c18-11-5-9(7-21-15(11)19)17(25)26-8-14(24)10(6-20)16-22-12-3-1-2-4-13(12)23-16/h1-5,7,24H,8H2,(H,22,23)/b14-10-. The van der Waals surface area contributed by atoms with E-state index < -0.39 is 18.3 Å². The van der Waals surface area contributed by atoms with Crippen LogP contribution in [0.3, 0.4) is 0 Å². The second-order valence-electron chi connectivity index (χ2n) is 5.11. The van der Waals surface area contributed by atoms with Gasteiger partial charge in [-0.3, -0.25) is 0 Å². The number of carbonyl (C=O) groups excluding carboxylic acids is 1. The number of fused-ring (bicyclic) bond motifs is 1. The molecule has 0 atom stereocenters. The predicted octanol–water partition coefficient (Wildman–Crippen LogP) is 3.91. The average molecular weight is 389 g/mol. The first-order valence-corrected chi connectivity index (χ1v) is 8.00. The molecule has 2 heterocycles. The first-order valence-electron chi connectivity index (χ1n) is 7.25. The van der Waals surface area contributed by atoms with Gasteiger partial charge < -0.3 is 14.8 Å². The fourth-order valence-corrected chi connectivity index (χ4v) is 2.42. The van der Waals surface area contributed by atoms with Crippen molar-refractivity contribution in [1.82, 2.24) is 15.0 Å². The van der Waals surface area contributed by atoms with Crippen molar-refractivity contribution in [3.63, 3.8) is 0 Å². The van der Waals surface area contributed by atoms with Crippen LogP contribution in [0.15, 0.2) is 42.3 Å². The van der Waals surface area contributed by atoms with E-state index in [4.69, 9.17) is 27.9 Å². The van der Waals surface area contributed by atoms with Crippen molar-refractivity contribution < 1.29 is 14.6 Å². The molecule has 0 aliphatic carbocycles. The summed E-state index contributed by atoms with van der Waals surface area (Å²) in [7, 11) is 0. The van der Waals surface area contributed by atoms with E-state index in [0.29, 0.717) is 11.0 Å². The highest BCUT2D eigenvalue weighted by atomic mass is 35.5. The van der Waals surface area contributed by atoms with Crippen LogP contribution in [0.5, 0.6) is 0 Å². The Balaban J connectivity index is 1.79. The van der Waals surface area contributed by atoms with Gasteiger partial charge in [0.25, 0.3) is 0 Å². The van der Waals surface area contributed by atoms with E-state index in [9.17, 15) is 15.2 Å². The van der Waals surface area contributed by atoms with Crippen molar-refractivity contribution in [2.45, 2.75) is 0 Å². The highest BCUT2D eigenvalue weighted by Gasteiger charge is 2.16. The summed E-state index contributed by atoms with van der Waals surface area (Å²) in [4.78, 5) is 22.9. The topological polar surface area (TPSA) is 112 Å². The summed E-state index contributed by atoms with van der Waals surface area (Å²) in [6.07, 6.45) is 1.20. The van der Waals surface area contributed by atoms with Crippen molar-refractivity contribution in [3.05, 3.63) is 63.9 Å². The van der Waals surface area contributed by atoms with E-state index in [1.165, 1.54) is 12.3 Å². The Morgan fingerprint density at radius 3 is 2.81 bits per heavy atom. The molecule has 7 nitrogen and oxygen atoms in total. The van der Waals surface area contributed by atoms with E-state index in [1.807, 2.05) is 12.1 Å². The monoisotopic (exact) mass is 388 g/mol. The molecule has 1 aromatic carbocycles. The third kappa shape index (κ3) is 3.61. The second kappa shape index (κ2) is 7.44. The zero-order valence-corrected chi connectivity index (χ0v) is 14.5. The van der Waals surface area contributed by atoms with Crippen molar-refractivity contribution in [3.8, 4) is 6.07 Å². The summed E-state index contributed by atoms with van der Waals surface area (Å²) in [5.74, 6) is -1.03. The van der Waals surface area contributed by atoms with E-state index in [1.54, 1.807) is 18.2 Å². The molecule has 3 rings (SSSR count). The smallest absolute Gasteiger partial charge is 0.340 e. The number of halogens is 2. The van der Waals surface area contributed by atoms with Crippen LogP contribution in [0.2, 0.25) is 10.2 Å². The average Bonchev–Trinajstić information content (AvgIpc) is 3.06. The molecule has 0 fully saturated rings. The normalized spacial score (nSPS) is 11.7. The Kier molecular flexibility index (Phi) is 5.07. The Morgan fingerprint density at radius 2 is 2.12 bits per heavy atom. The van der Waals surface area contributed by atoms with E-state index in [0.717, 1.165) is 0 Å². The second-order valence-corrected chi connectivity index (χ2v) is 5.87. The summed E-state index contributed by atoms with van der Waals surface area (Å²) >= 11 is 11.5. The summed E-state index contributed by atoms with van der Waals surface area (Å²) in [6, 6.07) is 10.3. The molecular formula is C17H10Cl2N4O3. The van der Waals surface area contributed by atoms with Gasteiger partial charge in [-0.25, -0.2) is 14.8 Å². The van der Waals surface area contributed by atoms with Gasteiger partial charge in [-0.05, 0) is 18.2 Å². The van der Waals surface area contributed by atoms with Crippen LogP contribution >= 0.6 is 23.2 Å². The first-order chi connectivity index (χ1) is 12.5. The van der Waals surface area contributed by atoms with Gasteiger partial charge in [-0.1, -0.05) is 35.3 Å². The number of pyridine rings is 1. The molecule has 3 aromatic rings. The minimum Gasteiger partial charge on any atom is -0.507 e. The number of allylic oxidation sites excluding steroid dienone is 1. The van der Waals surface area contributed by atoms with Gasteiger partial charge >= 0.3 is 5.97 Å². The molecule has 0 spiro atoms. The number of aromatic nitrogens is 3. The molecule has 26 heavy (non-hydrogen) atoms. The number of nitriles is 1. The number of para-hydroxylation sites is 2. The molecule has 9 heteroatoms. The third-order valence-electron chi connectivity index (χ3n) is 3.40. The maximum Gasteiger partial charge on any atom is 0.340 e. The number of nitrogens with zero attached hydrogens (tertiary/aromatic N) is 3. The number of benzene rings is 1. The zero-order chi connectivity index (χ0) is 18.7. The Hall–Kier alpha value is -3.08. The Bertz CT molecular complexity index is 1040. The molecule has 0 aliphatic heterocycles. The van der Waals surface area contributed by atoms with Gasteiger partial charge in [0.1, 0.15) is 23.4 Å².